The van der Waals surface area contributed by atoms with Gasteiger partial charge in [-0.1, -0.05) is 6.07 Å². The number of fused-ring (bicyclic) bond motifs is 3. The van der Waals surface area contributed by atoms with E-state index in [1.807, 2.05) is 43.7 Å². The molecule has 0 aliphatic rings. The van der Waals surface area contributed by atoms with E-state index in [4.69, 9.17) is 4.98 Å². The SMILES string of the molecule is Cc1ccc(Cn2ncc3c4sc(Cc5ccn[nH]5)nc4n(C)c3c2=O)nc1C. The molecule has 5 aromatic heterocycles. The number of rotatable bonds is 4. The zero-order chi connectivity index (χ0) is 20.1. The Hall–Kier alpha value is -3.33. The third-order valence-corrected chi connectivity index (χ3v) is 6.27. The summed E-state index contributed by atoms with van der Waals surface area (Å²) in [6.07, 6.45) is 4.18. The van der Waals surface area contributed by atoms with Crippen LogP contribution in [-0.4, -0.2) is 34.5 Å². The fraction of sp³-hybridized carbons (Fsp3) is 0.250. The molecule has 0 bridgehead atoms. The van der Waals surface area contributed by atoms with Gasteiger partial charge in [0.1, 0.15) is 10.5 Å². The van der Waals surface area contributed by atoms with E-state index in [1.54, 1.807) is 23.7 Å². The van der Waals surface area contributed by atoms with Gasteiger partial charge in [0.25, 0.3) is 5.56 Å². The minimum Gasteiger partial charge on any atom is -0.323 e. The van der Waals surface area contributed by atoms with E-state index >= 15 is 0 Å². The highest BCUT2D eigenvalue weighted by atomic mass is 32.1. The molecule has 0 aromatic carbocycles. The Kier molecular flexibility index (Phi) is 4.06. The Bertz CT molecular complexity index is 1410. The number of thiazole rings is 1. The van der Waals surface area contributed by atoms with Crippen molar-refractivity contribution in [3.8, 4) is 0 Å². The maximum absolute atomic E-state index is 13.1. The van der Waals surface area contributed by atoms with Gasteiger partial charge in [-0.25, -0.2) is 9.67 Å². The fourth-order valence-corrected chi connectivity index (χ4v) is 4.62. The maximum Gasteiger partial charge on any atom is 0.291 e. The predicted octanol–water partition coefficient (Wildman–Crippen LogP) is 2.72. The minimum atomic E-state index is -0.134. The van der Waals surface area contributed by atoms with Crippen molar-refractivity contribution in [2.24, 2.45) is 7.05 Å². The van der Waals surface area contributed by atoms with E-state index in [-0.39, 0.29) is 5.56 Å². The van der Waals surface area contributed by atoms with Crippen LogP contribution in [0, 0.1) is 13.8 Å². The van der Waals surface area contributed by atoms with Crippen LogP contribution in [0.15, 0.2) is 35.4 Å². The molecular formula is C20H19N7OS. The fourth-order valence-electron chi connectivity index (χ4n) is 3.49. The molecular weight excluding hydrogens is 386 g/mol. The van der Waals surface area contributed by atoms with Crippen molar-refractivity contribution in [2.75, 3.05) is 0 Å². The number of aryl methyl sites for hydroxylation is 3. The Balaban J connectivity index is 1.57. The number of pyridine rings is 1. The summed E-state index contributed by atoms with van der Waals surface area (Å²) < 4.78 is 4.32. The number of aromatic amines is 1. The van der Waals surface area contributed by atoms with Gasteiger partial charge in [-0.05, 0) is 31.5 Å². The van der Waals surface area contributed by atoms with Gasteiger partial charge >= 0.3 is 0 Å². The standard InChI is InChI=1S/C20H19N7OS/c1-11-4-5-14(23-12(11)2)10-27-20(28)17-15(9-22-27)18-19(26(17)3)24-16(29-18)8-13-6-7-21-25-13/h4-7,9H,8,10H2,1-3H3,(H,21,25). The van der Waals surface area contributed by atoms with Gasteiger partial charge in [0.15, 0.2) is 5.65 Å². The van der Waals surface area contributed by atoms with Crippen molar-refractivity contribution in [1.82, 2.24) is 34.5 Å². The van der Waals surface area contributed by atoms with Crippen molar-refractivity contribution in [2.45, 2.75) is 26.8 Å². The lowest BCUT2D eigenvalue weighted by atomic mass is 10.2. The third kappa shape index (κ3) is 2.94. The molecule has 0 saturated heterocycles. The molecule has 8 nitrogen and oxygen atoms in total. The molecule has 0 saturated carbocycles. The van der Waals surface area contributed by atoms with Gasteiger partial charge in [-0.2, -0.15) is 10.2 Å². The summed E-state index contributed by atoms with van der Waals surface area (Å²) in [5.74, 6) is 0. The van der Waals surface area contributed by atoms with E-state index < -0.39 is 0 Å². The number of hydrogen-bond acceptors (Lipinski definition) is 6. The number of nitrogens with one attached hydrogen (secondary N) is 1. The van der Waals surface area contributed by atoms with Crippen LogP contribution in [0.5, 0.6) is 0 Å². The Morgan fingerprint density at radius 2 is 2.03 bits per heavy atom. The molecule has 1 N–H and O–H groups in total. The third-order valence-electron chi connectivity index (χ3n) is 5.19. The molecule has 0 aliphatic carbocycles. The molecule has 0 fully saturated rings. The highest BCUT2D eigenvalue weighted by Crippen LogP contribution is 2.31. The zero-order valence-corrected chi connectivity index (χ0v) is 17.1. The van der Waals surface area contributed by atoms with Crippen LogP contribution in [0.2, 0.25) is 0 Å². The van der Waals surface area contributed by atoms with Crippen LogP contribution in [0.3, 0.4) is 0 Å². The van der Waals surface area contributed by atoms with Crippen LogP contribution in [0.25, 0.3) is 21.3 Å². The summed E-state index contributed by atoms with van der Waals surface area (Å²) >= 11 is 1.59. The van der Waals surface area contributed by atoms with Gasteiger partial charge in [0.2, 0.25) is 0 Å². The smallest absolute Gasteiger partial charge is 0.291 e. The van der Waals surface area contributed by atoms with E-state index in [0.717, 1.165) is 43.4 Å². The van der Waals surface area contributed by atoms with E-state index in [9.17, 15) is 4.79 Å². The van der Waals surface area contributed by atoms with Crippen LogP contribution < -0.4 is 5.56 Å². The molecule has 146 valence electrons. The first kappa shape index (κ1) is 17.7. The normalized spacial score (nSPS) is 11.7. The van der Waals surface area contributed by atoms with Crippen molar-refractivity contribution in [3.63, 3.8) is 0 Å². The molecule has 0 amide bonds. The average Bonchev–Trinajstić information content (AvgIpc) is 3.40. The van der Waals surface area contributed by atoms with Crippen molar-refractivity contribution in [1.29, 1.82) is 0 Å². The number of H-pyrrole nitrogens is 1. The van der Waals surface area contributed by atoms with Crippen molar-refractivity contribution < 1.29 is 0 Å². The molecule has 5 rings (SSSR count). The number of hydrogen-bond donors (Lipinski definition) is 1. The lowest BCUT2D eigenvalue weighted by Crippen LogP contribution is -2.25. The van der Waals surface area contributed by atoms with Crippen LogP contribution >= 0.6 is 11.3 Å². The number of aromatic nitrogens is 7. The molecule has 0 atom stereocenters. The lowest BCUT2D eigenvalue weighted by Gasteiger charge is -2.07. The Labute approximate surface area is 169 Å². The van der Waals surface area contributed by atoms with Gasteiger partial charge in [-0.3, -0.25) is 14.9 Å². The molecule has 5 aromatic rings. The van der Waals surface area contributed by atoms with E-state index in [1.165, 1.54) is 4.68 Å². The quantitative estimate of drug-likeness (QED) is 0.496. The van der Waals surface area contributed by atoms with Crippen molar-refractivity contribution >= 4 is 32.6 Å². The van der Waals surface area contributed by atoms with Crippen LogP contribution in [0.1, 0.15) is 27.7 Å². The number of nitrogens with zero attached hydrogens (tertiary/aromatic N) is 6. The molecule has 5 heterocycles. The first-order valence-corrected chi connectivity index (χ1v) is 10.1. The van der Waals surface area contributed by atoms with E-state index in [0.29, 0.717) is 18.5 Å². The Morgan fingerprint density at radius 1 is 1.17 bits per heavy atom. The summed E-state index contributed by atoms with van der Waals surface area (Å²) in [5, 5.41) is 13.2. The van der Waals surface area contributed by atoms with Gasteiger partial charge in [-0.15, -0.1) is 11.3 Å². The highest BCUT2D eigenvalue weighted by molar-refractivity contribution is 7.19. The second-order valence-corrected chi connectivity index (χ2v) is 8.24. The zero-order valence-electron chi connectivity index (χ0n) is 16.3. The monoisotopic (exact) mass is 405 g/mol. The second kappa shape index (κ2) is 6.63. The first-order chi connectivity index (χ1) is 14.0. The minimum absolute atomic E-state index is 0.134. The van der Waals surface area contributed by atoms with Crippen LogP contribution in [-0.2, 0) is 20.0 Å². The highest BCUT2D eigenvalue weighted by Gasteiger charge is 2.18. The molecule has 0 aliphatic heterocycles. The predicted molar refractivity (Wildman–Crippen MR) is 112 cm³/mol. The largest absolute Gasteiger partial charge is 0.323 e. The molecule has 0 unspecified atom stereocenters. The van der Waals surface area contributed by atoms with Crippen molar-refractivity contribution in [3.05, 3.63) is 68.6 Å². The average molecular weight is 405 g/mol. The van der Waals surface area contributed by atoms with Gasteiger partial charge < -0.3 is 4.57 Å². The summed E-state index contributed by atoms with van der Waals surface area (Å²) in [4.78, 5) is 22.4. The van der Waals surface area contributed by atoms with E-state index in [2.05, 4.69) is 20.3 Å². The topological polar surface area (TPSA) is 94.3 Å². The summed E-state index contributed by atoms with van der Waals surface area (Å²) in [7, 11) is 1.88. The Morgan fingerprint density at radius 3 is 2.79 bits per heavy atom. The van der Waals surface area contributed by atoms with Gasteiger partial charge in [0, 0.05) is 36.4 Å². The molecule has 0 radical (unpaired) electrons. The van der Waals surface area contributed by atoms with Gasteiger partial charge in [0.05, 0.1) is 23.1 Å². The summed E-state index contributed by atoms with van der Waals surface area (Å²) in [6, 6.07) is 5.89. The second-order valence-electron chi connectivity index (χ2n) is 7.15. The molecule has 9 heteroatoms. The first-order valence-electron chi connectivity index (χ1n) is 9.26. The molecule has 0 spiro atoms. The summed E-state index contributed by atoms with van der Waals surface area (Å²) in [6.45, 7) is 4.33. The maximum atomic E-state index is 13.1. The van der Waals surface area contributed by atoms with Crippen LogP contribution in [0.4, 0.5) is 0 Å². The summed E-state index contributed by atoms with van der Waals surface area (Å²) in [5.41, 5.74) is 5.21. The molecule has 29 heavy (non-hydrogen) atoms. The lowest BCUT2D eigenvalue weighted by molar-refractivity contribution is 0.631.